The number of rotatable bonds is 27. The fourth-order valence-electron chi connectivity index (χ4n) is 14.2. The van der Waals surface area contributed by atoms with E-state index in [0.717, 1.165) is 24.3 Å². The van der Waals surface area contributed by atoms with Crippen LogP contribution < -0.4 is 5.32 Å². The molecule has 36 atom stereocenters. The monoisotopic (exact) mass is 1680 g/mol. The second-order valence-corrected chi connectivity index (χ2v) is 32.8. The molecule has 0 unspecified atom stereocenters. The SMILES string of the molecule is COCCS(=O)(=O)CC(CS(=O)(=O)CCOC)C(=O)c1ccc(C(=O)C[C@@H](CCC(=O)O)C(=O)NC[C@H]2O[C@@H]3O[C@H]4[C@H](O)[C@@H](O)[C@@H](O[C@H]5[C@H](O)[C@@H](O)[C@@H](O[C@H]6[C@H](O)[C@@H](O)[C@@H](O[C@H]7[C@H](O)[C@@H](O)[C@@H](O[C@H]8[C@H](O)[C@@H](O)[C@@H](O[C@H]9[C@H](O)[C@@H](O)[C@@H](O[C@H]2[C@H](O)[C@H]3O)O[C@@H]9CO)O[C@@H]8CO)O[C@@H]7CO)O[C@@H]6CO)O[C@@H]5CO)O[C@@H]4CO)cc1. The molecule has 113 heavy (non-hydrogen) atoms. The number of sulfone groups is 2. The number of methoxy groups -OCH3 is 2. The third kappa shape index (κ3) is 21.8. The molecule has 0 spiro atoms. The predicted octanol–water partition coefficient (Wildman–Crippen LogP) is -14.4. The van der Waals surface area contributed by atoms with Crippen LogP contribution in [0.15, 0.2) is 24.3 Å². The summed E-state index contributed by atoms with van der Waals surface area (Å²) in [6.07, 6.45) is -77.8. The number of carbonyl (C=O) groups excluding carboxylic acids is 3. The Morgan fingerprint density at radius 3 is 0.867 bits per heavy atom. The second-order valence-electron chi connectivity index (χ2n) is 28.3. The zero-order valence-corrected chi connectivity index (χ0v) is 62.1. The first-order chi connectivity index (χ1) is 53.5. The molecule has 648 valence electrons. The van der Waals surface area contributed by atoms with E-state index in [2.05, 4.69) is 5.32 Å². The van der Waals surface area contributed by atoms with Crippen LogP contribution in [0.1, 0.15) is 40.0 Å². The lowest BCUT2D eigenvalue weighted by Crippen LogP contribution is -2.68. The van der Waals surface area contributed by atoms with Crippen LogP contribution in [0.2, 0.25) is 0 Å². The predicted molar refractivity (Wildman–Crippen MR) is 359 cm³/mol. The molecule has 21 fully saturated rings. The lowest BCUT2D eigenvalue weighted by molar-refractivity contribution is -0.396. The second kappa shape index (κ2) is 40.8. The standard InChI is InChI=1S/C65H101NO45S2/c1-96-9-11-112(92,93)21-26(22-113(94,95)12-10-97-2)36(76)24-5-3-23(4-6-24)27(73)13-25(7-8-35(74)75)58(91)66-14-28-51-37(77)44(84)59(98-28)106-52-29(15-67)100-61(46(86)39(52)79)108-54-31(17-69)102-63(48(88)41(54)81)110-56-33(19-71)104-65(50(90)43(56)83)111-57-34(20-72)103-64(49(89)42(57)82)109-55-32(18-70)101-62(47(87)40(55)80)107-53-30(16-68)99-60(105-51)45(85)38(53)78/h3-6,25-26,28-34,37-57,59-65,67-72,77-90H,7-22H2,1-2H3,(H,66,91)(H,74,75)/t25-,28-,29-,30-,31-,32-,33-,34-,37-,38-,39-,40-,41-,42-,43-,44-,45-,46-,47-,48-,49-,50-,51-,52-,53-,54-,55-,56-,57-,59-,60-,61-,62-,63-,64-,65-/m1/s1. The third-order valence-corrected chi connectivity index (χ3v) is 24.0. The van der Waals surface area contributed by atoms with Gasteiger partial charge in [0.1, 0.15) is 171 Å². The number of carbonyl (C=O) groups is 4. The van der Waals surface area contributed by atoms with Crippen LogP contribution in [0.5, 0.6) is 0 Å². The van der Waals surface area contributed by atoms with Crippen molar-refractivity contribution in [2.24, 2.45) is 11.8 Å². The number of aliphatic carboxylic acids is 1. The van der Waals surface area contributed by atoms with Gasteiger partial charge in [0.15, 0.2) is 75.3 Å². The molecule has 1 aromatic carbocycles. The van der Waals surface area contributed by atoms with Crippen molar-refractivity contribution >= 4 is 43.1 Å². The topological polar surface area (TPSA) is 721 Å². The summed E-state index contributed by atoms with van der Waals surface area (Å²) in [5.41, 5.74) is -0.442. The van der Waals surface area contributed by atoms with Gasteiger partial charge >= 0.3 is 5.97 Å². The van der Waals surface area contributed by atoms with E-state index < -0.39 is 358 Å². The van der Waals surface area contributed by atoms with Crippen molar-refractivity contribution < 1.29 is 219 Å². The van der Waals surface area contributed by atoms with Gasteiger partial charge in [-0.25, -0.2) is 16.8 Å². The zero-order valence-electron chi connectivity index (χ0n) is 60.5. The highest BCUT2D eigenvalue weighted by Gasteiger charge is 2.60. The summed E-state index contributed by atoms with van der Waals surface area (Å²) < 4.78 is 143. The molecular formula is C65H101NO45S2. The van der Waals surface area contributed by atoms with E-state index >= 15 is 0 Å². The Hall–Kier alpha value is -4.04. The normalized spacial score (nSPS) is 42.0. The van der Waals surface area contributed by atoms with Gasteiger partial charge in [0, 0.05) is 50.7 Å². The first-order valence-electron chi connectivity index (χ1n) is 35.9. The summed E-state index contributed by atoms with van der Waals surface area (Å²) in [4.78, 5) is 54.5. The van der Waals surface area contributed by atoms with Gasteiger partial charge < -0.3 is 188 Å². The summed E-state index contributed by atoms with van der Waals surface area (Å²) in [5.74, 6) is -10.6. The molecule has 0 aromatic heterocycles. The Morgan fingerprint density at radius 2 is 0.619 bits per heavy atom. The lowest BCUT2D eigenvalue weighted by Gasteiger charge is -2.50. The van der Waals surface area contributed by atoms with Crippen LogP contribution in [0, 0.1) is 11.8 Å². The van der Waals surface area contributed by atoms with Gasteiger partial charge in [-0.05, 0) is 6.42 Å². The molecule has 22 N–H and O–H groups in total. The zero-order chi connectivity index (χ0) is 83.0. The number of carboxylic acids is 1. The quantitative estimate of drug-likeness (QED) is 0.0364. The Labute approximate surface area is 643 Å². The van der Waals surface area contributed by atoms with Crippen LogP contribution in [0.3, 0.4) is 0 Å². The maximum absolute atomic E-state index is 14.5. The van der Waals surface area contributed by atoms with E-state index in [9.17, 15) is 143 Å². The fourth-order valence-corrected chi connectivity index (χ4v) is 17.3. The van der Waals surface area contributed by atoms with Crippen LogP contribution in [-0.2, 0) is 105 Å². The minimum absolute atomic E-state index is 0.207. The van der Waals surface area contributed by atoms with Gasteiger partial charge in [0.25, 0.3) is 0 Å². The molecule has 21 saturated heterocycles. The molecule has 21 aliphatic heterocycles. The first-order valence-corrected chi connectivity index (χ1v) is 39.5. The van der Waals surface area contributed by atoms with E-state index in [1.165, 1.54) is 14.2 Å². The number of Topliss-reactive ketones (excluding diaryl/α,β-unsaturated/α-hetero) is 2. The number of benzene rings is 1. The molecular weight excluding hydrogens is 1580 g/mol. The van der Waals surface area contributed by atoms with Gasteiger partial charge in [0.2, 0.25) is 5.91 Å². The number of ketones is 2. The Morgan fingerprint density at radius 1 is 0.372 bits per heavy atom. The van der Waals surface area contributed by atoms with Gasteiger partial charge in [-0.2, -0.15) is 0 Å². The largest absolute Gasteiger partial charge is 0.481 e. The molecule has 0 saturated carbocycles. The highest BCUT2D eigenvalue weighted by Crippen LogP contribution is 2.40. The van der Waals surface area contributed by atoms with Crippen LogP contribution >= 0.6 is 0 Å². The van der Waals surface area contributed by atoms with Crippen LogP contribution in [0.25, 0.3) is 0 Å². The molecule has 14 bridgehead atoms. The Bertz CT molecular complexity index is 3390. The molecule has 22 rings (SSSR count). The van der Waals surface area contributed by atoms with Crippen molar-refractivity contribution in [3.63, 3.8) is 0 Å². The van der Waals surface area contributed by atoms with E-state index in [1.54, 1.807) is 0 Å². The fraction of sp³-hybridized carbons (Fsp3) is 0.846. The highest BCUT2D eigenvalue weighted by atomic mass is 32.2. The summed E-state index contributed by atoms with van der Waals surface area (Å²) in [7, 11) is -5.74. The molecule has 48 heteroatoms. The van der Waals surface area contributed by atoms with E-state index in [0.29, 0.717) is 0 Å². The van der Waals surface area contributed by atoms with Gasteiger partial charge in [0.05, 0.1) is 81.8 Å². The Balaban J connectivity index is 1.00. The van der Waals surface area contributed by atoms with Crippen molar-refractivity contribution in [2.75, 3.05) is 96.6 Å². The molecule has 21 aliphatic rings. The summed E-state index contributed by atoms with van der Waals surface area (Å²) in [6.45, 7) is -8.44. The van der Waals surface area contributed by atoms with Crippen molar-refractivity contribution in [2.45, 2.75) is 234 Å². The maximum Gasteiger partial charge on any atom is 0.303 e. The molecule has 21 heterocycles. The maximum atomic E-state index is 14.5. The number of hydrogen-bond acceptors (Lipinski definition) is 44. The number of hydrogen-bond donors (Lipinski definition) is 22. The van der Waals surface area contributed by atoms with Gasteiger partial charge in [-0.15, -0.1) is 0 Å². The highest BCUT2D eigenvalue weighted by molar-refractivity contribution is 7.92. The number of amides is 1. The van der Waals surface area contributed by atoms with Crippen molar-refractivity contribution in [3.8, 4) is 0 Å². The molecule has 1 amide bonds. The minimum Gasteiger partial charge on any atom is -0.481 e. The molecule has 1 aromatic rings. The lowest BCUT2D eigenvalue weighted by atomic mass is 9.92. The average molecular weight is 1680 g/mol. The number of aliphatic hydroxyl groups is 20. The molecule has 0 radical (unpaired) electrons. The van der Waals surface area contributed by atoms with Crippen molar-refractivity contribution in [1.82, 2.24) is 5.32 Å². The number of aliphatic hydroxyl groups excluding tert-OH is 20. The van der Waals surface area contributed by atoms with Crippen molar-refractivity contribution in [1.29, 1.82) is 0 Å². The Kier molecular flexibility index (Phi) is 33.5. The molecule has 0 aliphatic carbocycles. The summed E-state index contributed by atoms with van der Waals surface area (Å²) in [6, 6.07) is 4.37. The van der Waals surface area contributed by atoms with E-state index in [1.807, 2.05) is 0 Å². The minimum atomic E-state index is -4.10. The van der Waals surface area contributed by atoms with Gasteiger partial charge in [-0.1, -0.05) is 24.3 Å². The first kappa shape index (κ1) is 92.8. The smallest absolute Gasteiger partial charge is 0.303 e. The third-order valence-electron chi connectivity index (χ3n) is 20.6. The number of carboxylic acid groups (broad SMARTS) is 1. The van der Waals surface area contributed by atoms with Gasteiger partial charge in [-0.3, -0.25) is 19.2 Å². The molecule has 46 nitrogen and oxygen atoms in total. The van der Waals surface area contributed by atoms with E-state index in [-0.39, 0.29) is 24.3 Å². The number of ether oxygens (including phenoxy) is 16. The van der Waals surface area contributed by atoms with Crippen LogP contribution in [0.4, 0.5) is 0 Å². The van der Waals surface area contributed by atoms with Crippen molar-refractivity contribution in [3.05, 3.63) is 35.4 Å². The van der Waals surface area contributed by atoms with Crippen LogP contribution in [-0.4, -0.2) is 459 Å². The average Bonchev–Trinajstić information content (AvgIpc) is 0.804. The summed E-state index contributed by atoms with van der Waals surface area (Å²) >= 11 is 0. The number of nitrogens with one attached hydrogen (secondary N) is 1. The van der Waals surface area contributed by atoms with E-state index in [4.69, 9.17) is 75.8 Å². The summed E-state index contributed by atoms with van der Waals surface area (Å²) in [5, 5.41) is 239.